The molecule has 1 fully saturated rings. The van der Waals surface area contributed by atoms with Crippen molar-refractivity contribution in [3.63, 3.8) is 0 Å². The summed E-state index contributed by atoms with van der Waals surface area (Å²) in [4.78, 5) is 14.2. The molecule has 4 rings (SSSR count). The van der Waals surface area contributed by atoms with Gasteiger partial charge < -0.3 is 25.8 Å². The zero-order chi connectivity index (χ0) is 27.7. The molecule has 0 aromatic heterocycles. The van der Waals surface area contributed by atoms with E-state index in [4.69, 9.17) is 9.52 Å². The number of anilines is 2. The maximum atomic E-state index is 13.1. The molecule has 1 unspecified atom stereocenters. The Balaban J connectivity index is 0.00000280. The Labute approximate surface area is 253 Å². The van der Waals surface area contributed by atoms with Crippen LogP contribution in [0.1, 0.15) is 59.1 Å². The maximum Gasteiger partial charge on any atom is 0.241 e. The Bertz CT molecular complexity index is 1250. The summed E-state index contributed by atoms with van der Waals surface area (Å²) in [6, 6.07) is 11.2. The SMILES string of the molecule is CC(C)(C)c1cc(NC(=O)[C@H]2C[C@H](Oc3ccc(NCC4=CC=CS4=N)cc3)CN2)cc(C(C)(C)C)c1O.Cl.Cl. The van der Waals surface area contributed by atoms with Gasteiger partial charge in [0.05, 0.1) is 6.04 Å². The number of benzene rings is 2. The van der Waals surface area contributed by atoms with E-state index in [-0.39, 0.29) is 53.7 Å². The molecule has 5 N–H and O–H groups in total. The highest BCUT2D eigenvalue weighted by molar-refractivity contribution is 7.93. The number of phenolic OH excluding ortho intramolecular Hbond substituents is 1. The number of allylic oxidation sites excluding steroid dienone is 2. The van der Waals surface area contributed by atoms with Gasteiger partial charge in [-0.05, 0) is 58.7 Å². The molecular weight excluding hydrogens is 567 g/mol. The van der Waals surface area contributed by atoms with E-state index in [9.17, 15) is 9.90 Å². The lowest BCUT2D eigenvalue weighted by molar-refractivity contribution is -0.117. The van der Waals surface area contributed by atoms with Crippen molar-refractivity contribution in [3.05, 3.63) is 70.0 Å². The van der Waals surface area contributed by atoms with Crippen molar-refractivity contribution in [1.82, 2.24) is 5.32 Å². The van der Waals surface area contributed by atoms with Crippen molar-refractivity contribution in [2.75, 3.05) is 23.7 Å². The van der Waals surface area contributed by atoms with Crippen molar-refractivity contribution in [2.45, 2.75) is 70.9 Å². The number of carbonyl (C=O) groups excluding carboxylic acids is 1. The minimum absolute atomic E-state index is 0. The van der Waals surface area contributed by atoms with Gasteiger partial charge in [-0.2, -0.15) is 0 Å². The van der Waals surface area contributed by atoms with E-state index in [1.54, 1.807) is 0 Å². The Kier molecular flexibility index (Phi) is 11.3. The zero-order valence-corrected chi connectivity index (χ0v) is 26.4. The lowest BCUT2D eigenvalue weighted by Gasteiger charge is -2.28. The Morgan fingerprint density at radius 3 is 2.17 bits per heavy atom. The monoisotopic (exact) mass is 608 g/mol. The summed E-state index contributed by atoms with van der Waals surface area (Å²) in [6.45, 7) is 13.6. The van der Waals surface area contributed by atoms with Crippen molar-refractivity contribution in [3.8, 4) is 11.5 Å². The van der Waals surface area contributed by atoms with E-state index in [1.807, 2.05) is 54.0 Å². The minimum Gasteiger partial charge on any atom is -0.507 e. The second kappa shape index (κ2) is 13.4. The van der Waals surface area contributed by atoms with Crippen molar-refractivity contribution in [1.29, 1.82) is 4.78 Å². The molecule has 10 heteroatoms. The van der Waals surface area contributed by atoms with Crippen LogP contribution in [-0.2, 0) is 26.3 Å². The van der Waals surface area contributed by atoms with Crippen molar-refractivity contribution in [2.24, 2.45) is 0 Å². The number of nitrogens with one attached hydrogen (secondary N) is 4. The van der Waals surface area contributed by atoms with Crippen molar-refractivity contribution >= 4 is 52.8 Å². The molecule has 0 saturated carbocycles. The van der Waals surface area contributed by atoms with E-state index in [1.165, 1.54) is 0 Å². The first-order valence-corrected chi connectivity index (χ1v) is 14.3. The number of halogens is 2. The summed E-state index contributed by atoms with van der Waals surface area (Å²) in [7, 11) is -0.532. The van der Waals surface area contributed by atoms with Gasteiger partial charge in [-0.25, -0.2) is 0 Å². The molecule has 0 bridgehead atoms. The second-order valence-electron chi connectivity index (χ2n) is 12.0. The number of rotatable bonds is 7. The molecule has 2 aromatic rings. The summed E-state index contributed by atoms with van der Waals surface area (Å²) in [6.07, 6.45) is 4.38. The van der Waals surface area contributed by atoms with Crippen LogP contribution in [0.5, 0.6) is 11.5 Å². The smallest absolute Gasteiger partial charge is 0.241 e. The van der Waals surface area contributed by atoms with Crippen LogP contribution < -0.4 is 20.7 Å². The number of aromatic hydroxyl groups is 1. The predicted molar refractivity (Wildman–Crippen MR) is 172 cm³/mol. The fourth-order valence-electron chi connectivity index (χ4n) is 4.63. The van der Waals surface area contributed by atoms with Crippen LogP contribution in [-0.4, -0.2) is 36.2 Å². The van der Waals surface area contributed by atoms with E-state index in [0.29, 0.717) is 30.9 Å². The highest BCUT2D eigenvalue weighted by Crippen LogP contribution is 2.41. The molecule has 220 valence electrons. The fourth-order valence-corrected chi connectivity index (χ4v) is 5.49. The molecule has 2 aliphatic rings. The van der Waals surface area contributed by atoms with Gasteiger partial charge >= 0.3 is 0 Å². The Morgan fingerprint density at radius 2 is 1.65 bits per heavy atom. The van der Waals surface area contributed by atoms with E-state index >= 15 is 0 Å². The van der Waals surface area contributed by atoms with Crippen LogP contribution in [0.2, 0.25) is 0 Å². The van der Waals surface area contributed by atoms with Gasteiger partial charge in [0.2, 0.25) is 5.91 Å². The molecule has 2 heterocycles. The average molecular weight is 610 g/mol. The van der Waals surface area contributed by atoms with E-state index in [2.05, 4.69) is 57.5 Å². The highest BCUT2D eigenvalue weighted by atomic mass is 35.5. The lowest BCUT2D eigenvalue weighted by atomic mass is 9.79. The molecule has 1 amide bonds. The van der Waals surface area contributed by atoms with Gasteiger partial charge in [-0.15, -0.1) is 24.8 Å². The second-order valence-corrected chi connectivity index (χ2v) is 13.5. The summed E-state index contributed by atoms with van der Waals surface area (Å²) < 4.78 is 14.1. The standard InChI is InChI=1S/C30H40N4O3S.2ClH/c1-29(2,3)24-14-20(15-25(27(24)35)30(4,5)6)34-28(36)26-16-22(17-33-26)37-21-11-9-19(10-12-21)32-18-23-8-7-13-38(23)31;;/h7-15,22,26,31-33,35H,16-18H2,1-6H3,(H,34,36);2*1H/t22-,26+,38?;;/m0../s1. The Hall–Kier alpha value is -2.52. The number of hydrogen-bond acceptors (Lipinski definition) is 6. The van der Waals surface area contributed by atoms with Gasteiger partial charge in [-0.1, -0.05) is 58.3 Å². The van der Waals surface area contributed by atoms with E-state index < -0.39 is 10.7 Å². The third-order valence-electron chi connectivity index (χ3n) is 6.80. The lowest BCUT2D eigenvalue weighted by Crippen LogP contribution is -2.35. The molecular formula is C30H42Cl2N4O3S. The third kappa shape index (κ3) is 8.26. The molecule has 3 atom stereocenters. The molecule has 40 heavy (non-hydrogen) atoms. The third-order valence-corrected chi connectivity index (χ3v) is 8.08. The number of phenols is 1. The first-order valence-electron chi connectivity index (χ1n) is 13.1. The summed E-state index contributed by atoms with van der Waals surface area (Å²) in [5.41, 5.74) is 2.76. The number of ether oxygens (including phenoxy) is 1. The Morgan fingerprint density at radius 1 is 1.05 bits per heavy atom. The molecule has 1 saturated heterocycles. The molecule has 0 spiro atoms. The minimum atomic E-state index is -0.532. The van der Waals surface area contributed by atoms with Gasteiger partial charge in [0.25, 0.3) is 0 Å². The largest absolute Gasteiger partial charge is 0.507 e. The van der Waals surface area contributed by atoms with Crippen LogP contribution >= 0.6 is 24.8 Å². The first kappa shape index (κ1) is 33.7. The number of amides is 1. The van der Waals surface area contributed by atoms with Crippen LogP contribution in [0.4, 0.5) is 11.4 Å². The van der Waals surface area contributed by atoms with Crippen LogP contribution in [0.25, 0.3) is 0 Å². The summed E-state index contributed by atoms with van der Waals surface area (Å²) in [5, 5.41) is 22.6. The summed E-state index contributed by atoms with van der Waals surface area (Å²) in [5.74, 6) is 0.948. The first-order chi connectivity index (χ1) is 17.8. The number of carbonyl (C=O) groups is 1. The van der Waals surface area contributed by atoms with Gasteiger partial charge in [0.15, 0.2) is 0 Å². The average Bonchev–Trinajstić information content (AvgIpc) is 3.47. The van der Waals surface area contributed by atoms with Crippen LogP contribution in [0.15, 0.2) is 58.9 Å². The van der Waals surface area contributed by atoms with Gasteiger partial charge in [-0.3, -0.25) is 9.57 Å². The zero-order valence-electron chi connectivity index (χ0n) is 24.0. The van der Waals surface area contributed by atoms with Crippen molar-refractivity contribution < 1.29 is 14.6 Å². The van der Waals surface area contributed by atoms with Crippen LogP contribution in [0, 0.1) is 4.78 Å². The number of hydrogen-bond donors (Lipinski definition) is 5. The van der Waals surface area contributed by atoms with Crippen LogP contribution in [0.3, 0.4) is 0 Å². The topological polar surface area (TPSA) is 106 Å². The molecule has 7 nitrogen and oxygen atoms in total. The quantitative estimate of drug-likeness (QED) is 0.223. The maximum absolute atomic E-state index is 13.1. The molecule has 2 aromatic carbocycles. The molecule has 0 radical (unpaired) electrons. The highest BCUT2D eigenvalue weighted by Gasteiger charge is 2.32. The summed E-state index contributed by atoms with van der Waals surface area (Å²) >= 11 is 0. The van der Waals surface area contributed by atoms with E-state index in [0.717, 1.165) is 27.5 Å². The fraction of sp³-hybridized carbons (Fsp3) is 0.433. The van der Waals surface area contributed by atoms with Gasteiger partial charge in [0, 0.05) is 46.9 Å². The van der Waals surface area contributed by atoms with Gasteiger partial charge in [0.1, 0.15) is 17.6 Å². The molecule has 2 aliphatic heterocycles. The molecule has 0 aliphatic carbocycles. The normalized spacial score (nSPS) is 20.2. The predicted octanol–water partition coefficient (Wildman–Crippen LogP) is 6.78.